The van der Waals surface area contributed by atoms with Crippen molar-refractivity contribution in [3.8, 4) is 11.5 Å². The van der Waals surface area contributed by atoms with Gasteiger partial charge in [0.25, 0.3) is 5.91 Å². The van der Waals surface area contributed by atoms with Gasteiger partial charge in [0, 0.05) is 17.5 Å². The highest BCUT2D eigenvalue weighted by Gasteiger charge is 2.18. The number of hydrogen-bond donors (Lipinski definition) is 1. The van der Waals surface area contributed by atoms with Crippen LogP contribution in [-0.2, 0) is 4.79 Å². The molecule has 0 unspecified atom stereocenters. The summed E-state index contributed by atoms with van der Waals surface area (Å²) in [5.74, 6) is 2.42. The highest BCUT2D eigenvalue weighted by atomic mass is 32.2. The molecule has 134 valence electrons. The van der Waals surface area contributed by atoms with Crippen LogP contribution in [0.5, 0.6) is 11.5 Å². The Morgan fingerprint density at radius 2 is 1.88 bits per heavy atom. The Hall–Kier alpha value is -1.36. The first kappa shape index (κ1) is 19.0. The Labute approximate surface area is 149 Å². The SMILES string of the molecule is CC[C@H](Oc1ccc(OC)cc1)C(=O)NCCSC1CCCCC1. The molecule has 0 aromatic heterocycles. The normalized spacial score (nSPS) is 16.4. The fourth-order valence-electron chi connectivity index (χ4n) is 2.89. The van der Waals surface area contributed by atoms with Crippen molar-refractivity contribution < 1.29 is 14.3 Å². The number of nitrogens with one attached hydrogen (secondary N) is 1. The summed E-state index contributed by atoms with van der Waals surface area (Å²) in [5, 5.41) is 3.79. The lowest BCUT2D eigenvalue weighted by Crippen LogP contribution is -2.39. The summed E-state index contributed by atoms with van der Waals surface area (Å²) >= 11 is 2.00. The van der Waals surface area contributed by atoms with Crippen LogP contribution in [0.1, 0.15) is 45.4 Å². The summed E-state index contributed by atoms with van der Waals surface area (Å²) < 4.78 is 10.9. The van der Waals surface area contributed by atoms with Crippen molar-refractivity contribution >= 4 is 17.7 Å². The van der Waals surface area contributed by atoms with Crippen LogP contribution in [0.25, 0.3) is 0 Å². The van der Waals surface area contributed by atoms with Gasteiger partial charge in [-0.25, -0.2) is 0 Å². The smallest absolute Gasteiger partial charge is 0.261 e. The van der Waals surface area contributed by atoms with Gasteiger partial charge in [-0.05, 0) is 43.5 Å². The lowest BCUT2D eigenvalue weighted by atomic mass is 10.0. The van der Waals surface area contributed by atoms with Crippen LogP contribution in [0, 0.1) is 0 Å². The highest BCUT2D eigenvalue weighted by molar-refractivity contribution is 7.99. The van der Waals surface area contributed by atoms with Crippen molar-refractivity contribution in [2.24, 2.45) is 0 Å². The fraction of sp³-hybridized carbons (Fsp3) is 0.632. The second-order valence-electron chi connectivity index (χ2n) is 6.11. The topological polar surface area (TPSA) is 47.6 Å². The van der Waals surface area contributed by atoms with E-state index in [4.69, 9.17) is 9.47 Å². The predicted octanol–water partition coefficient (Wildman–Crippen LogP) is 4.03. The maximum atomic E-state index is 12.3. The first-order chi connectivity index (χ1) is 11.7. The van der Waals surface area contributed by atoms with Crippen LogP contribution in [0.3, 0.4) is 0 Å². The van der Waals surface area contributed by atoms with Gasteiger partial charge in [-0.1, -0.05) is 26.2 Å². The Balaban J connectivity index is 1.69. The van der Waals surface area contributed by atoms with E-state index in [0.29, 0.717) is 18.7 Å². The van der Waals surface area contributed by atoms with Gasteiger partial charge in [0.2, 0.25) is 0 Å². The van der Waals surface area contributed by atoms with E-state index in [1.54, 1.807) is 7.11 Å². The minimum atomic E-state index is -0.446. The minimum absolute atomic E-state index is 0.0300. The van der Waals surface area contributed by atoms with Crippen molar-refractivity contribution in [1.82, 2.24) is 5.32 Å². The van der Waals surface area contributed by atoms with Gasteiger partial charge in [0.15, 0.2) is 6.10 Å². The zero-order valence-electron chi connectivity index (χ0n) is 14.8. The van der Waals surface area contributed by atoms with Crippen LogP contribution >= 0.6 is 11.8 Å². The van der Waals surface area contributed by atoms with Crippen LogP contribution < -0.4 is 14.8 Å². The maximum Gasteiger partial charge on any atom is 0.261 e. The molecule has 1 atom stereocenters. The minimum Gasteiger partial charge on any atom is -0.497 e. The van der Waals surface area contributed by atoms with E-state index in [-0.39, 0.29) is 5.91 Å². The van der Waals surface area contributed by atoms with Crippen molar-refractivity contribution in [3.63, 3.8) is 0 Å². The second-order valence-corrected chi connectivity index (χ2v) is 7.52. The molecular formula is C19H29NO3S. The summed E-state index contributed by atoms with van der Waals surface area (Å²) in [7, 11) is 1.63. The number of amides is 1. The first-order valence-corrected chi connectivity index (χ1v) is 9.97. The van der Waals surface area contributed by atoms with Gasteiger partial charge in [-0.2, -0.15) is 11.8 Å². The molecule has 0 radical (unpaired) electrons. The average Bonchev–Trinajstić information content (AvgIpc) is 2.64. The van der Waals surface area contributed by atoms with Crippen molar-refractivity contribution in [3.05, 3.63) is 24.3 Å². The van der Waals surface area contributed by atoms with Gasteiger partial charge in [-0.15, -0.1) is 0 Å². The second kappa shape index (κ2) is 10.5. The molecule has 1 N–H and O–H groups in total. The molecule has 1 aromatic rings. The van der Waals surface area contributed by atoms with E-state index in [1.165, 1.54) is 32.1 Å². The molecule has 0 spiro atoms. The average molecular weight is 352 g/mol. The van der Waals surface area contributed by atoms with E-state index < -0.39 is 6.10 Å². The molecule has 1 aliphatic rings. The van der Waals surface area contributed by atoms with E-state index in [1.807, 2.05) is 43.0 Å². The molecule has 1 aromatic carbocycles. The number of hydrogen-bond acceptors (Lipinski definition) is 4. The summed E-state index contributed by atoms with van der Waals surface area (Å²) in [5.41, 5.74) is 0. The van der Waals surface area contributed by atoms with Gasteiger partial charge in [0.1, 0.15) is 11.5 Å². The Morgan fingerprint density at radius 1 is 1.21 bits per heavy atom. The number of carbonyl (C=O) groups excluding carboxylic acids is 1. The third-order valence-electron chi connectivity index (χ3n) is 4.31. The van der Waals surface area contributed by atoms with E-state index in [9.17, 15) is 4.79 Å². The van der Waals surface area contributed by atoms with Gasteiger partial charge in [0.05, 0.1) is 7.11 Å². The number of carbonyl (C=O) groups is 1. The molecule has 1 fully saturated rings. The third kappa shape index (κ3) is 6.27. The maximum absolute atomic E-state index is 12.3. The lowest BCUT2D eigenvalue weighted by Gasteiger charge is -2.21. The highest BCUT2D eigenvalue weighted by Crippen LogP contribution is 2.27. The van der Waals surface area contributed by atoms with Gasteiger partial charge >= 0.3 is 0 Å². The van der Waals surface area contributed by atoms with Crippen LogP contribution in [0.2, 0.25) is 0 Å². The largest absolute Gasteiger partial charge is 0.497 e. The first-order valence-electron chi connectivity index (χ1n) is 8.93. The van der Waals surface area contributed by atoms with Crippen LogP contribution in [-0.4, -0.2) is 36.7 Å². The number of methoxy groups -OCH3 is 1. The molecule has 0 bridgehead atoms. The molecule has 0 aliphatic heterocycles. The number of benzene rings is 1. The van der Waals surface area contributed by atoms with Gasteiger partial charge in [-0.3, -0.25) is 4.79 Å². The van der Waals surface area contributed by atoms with Gasteiger partial charge < -0.3 is 14.8 Å². The molecule has 0 heterocycles. The summed E-state index contributed by atoms with van der Waals surface area (Å²) in [6, 6.07) is 7.32. The summed E-state index contributed by atoms with van der Waals surface area (Å²) in [4.78, 5) is 12.3. The van der Waals surface area contributed by atoms with Crippen LogP contribution in [0.15, 0.2) is 24.3 Å². The monoisotopic (exact) mass is 351 g/mol. The molecule has 1 amide bonds. The number of ether oxygens (including phenoxy) is 2. The summed E-state index contributed by atoms with van der Waals surface area (Å²) in [6.07, 6.45) is 6.96. The molecule has 2 rings (SSSR count). The Morgan fingerprint density at radius 3 is 2.50 bits per heavy atom. The van der Waals surface area contributed by atoms with Crippen LogP contribution in [0.4, 0.5) is 0 Å². The Bertz CT molecular complexity index is 486. The predicted molar refractivity (Wildman–Crippen MR) is 100 cm³/mol. The molecule has 24 heavy (non-hydrogen) atoms. The van der Waals surface area contributed by atoms with E-state index in [0.717, 1.165) is 16.8 Å². The zero-order valence-corrected chi connectivity index (χ0v) is 15.6. The molecular weight excluding hydrogens is 322 g/mol. The van der Waals surface area contributed by atoms with Crippen molar-refractivity contribution in [2.75, 3.05) is 19.4 Å². The third-order valence-corrected chi connectivity index (χ3v) is 5.69. The van der Waals surface area contributed by atoms with Crippen molar-refractivity contribution in [1.29, 1.82) is 0 Å². The Kier molecular flexibility index (Phi) is 8.29. The number of rotatable bonds is 9. The zero-order chi connectivity index (χ0) is 17.2. The quantitative estimate of drug-likeness (QED) is 0.682. The number of thioether (sulfide) groups is 1. The molecule has 5 heteroatoms. The van der Waals surface area contributed by atoms with Crippen molar-refractivity contribution in [2.45, 2.75) is 56.8 Å². The van der Waals surface area contributed by atoms with E-state index >= 15 is 0 Å². The lowest BCUT2D eigenvalue weighted by molar-refractivity contribution is -0.127. The molecule has 0 saturated heterocycles. The molecule has 1 saturated carbocycles. The fourth-order valence-corrected chi connectivity index (χ4v) is 4.11. The van der Waals surface area contributed by atoms with E-state index in [2.05, 4.69) is 5.32 Å². The molecule has 4 nitrogen and oxygen atoms in total. The standard InChI is InChI=1S/C19H29NO3S/c1-3-18(23-16-11-9-15(22-2)10-12-16)19(21)20-13-14-24-17-7-5-4-6-8-17/h9-12,17-18H,3-8,13-14H2,1-2H3,(H,20,21)/t18-/m0/s1. The summed E-state index contributed by atoms with van der Waals surface area (Å²) in [6.45, 7) is 2.67. The molecule has 1 aliphatic carbocycles.